The largest absolute Gasteiger partial charge is 0.310 e. The van der Waals surface area contributed by atoms with Gasteiger partial charge in [0.1, 0.15) is 0 Å². The Morgan fingerprint density at radius 1 is 0.292 bits per heavy atom. The minimum Gasteiger partial charge on any atom is -0.310 e. The molecule has 0 aromatic heterocycles. The summed E-state index contributed by atoms with van der Waals surface area (Å²) in [6, 6.07) is 61.5. The van der Waals surface area contributed by atoms with E-state index in [1.807, 2.05) is 0 Å². The van der Waals surface area contributed by atoms with Crippen molar-refractivity contribution in [2.75, 3.05) is 9.80 Å². The van der Waals surface area contributed by atoms with Crippen molar-refractivity contribution >= 4 is 77.2 Å². The second kappa shape index (κ2) is 11.3. The Kier molecular flexibility index (Phi) is 6.62. The Balaban J connectivity index is 1.49. The van der Waals surface area contributed by atoms with E-state index < -0.39 is 0 Å². The summed E-state index contributed by atoms with van der Waals surface area (Å²) in [7, 11) is 0. The van der Waals surface area contributed by atoms with Crippen LogP contribution in [-0.4, -0.2) is 0 Å². The molecule has 2 heteroatoms. The normalized spacial score (nSPS) is 11.5. The summed E-state index contributed by atoms with van der Waals surface area (Å²) in [5, 5.41) is 10.3. The van der Waals surface area contributed by atoms with Gasteiger partial charge in [0.15, 0.2) is 0 Å². The Hall–Kier alpha value is -6.12. The molecule has 9 aromatic rings. The molecule has 0 saturated carbocycles. The Morgan fingerprint density at radius 2 is 0.583 bits per heavy atom. The first-order valence-corrected chi connectivity index (χ1v) is 16.6. The van der Waals surface area contributed by atoms with E-state index >= 15 is 0 Å². The molecule has 0 atom stereocenters. The molecule has 0 spiro atoms. The minimum atomic E-state index is 1.14. The molecule has 2 nitrogen and oxygen atoms in total. The second-order valence-electron chi connectivity index (χ2n) is 12.6. The van der Waals surface area contributed by atoms with Gasteiger partial charge in [0, 0.05) is 44.3 Å². The molecular weight excluding hydrogens is 581 g/mol. The van der Waals surface area contributed by atoms with Crippen molar-refractivity contribution in [2.24, 2.45) is 0 Å². The zero-order valence-corrected chi connectivity index (χ0v) is 27.1. The van der Waals surface area contributed by atoms with Gasteiger partial charge in [0.25, 0.3) is 0 Å². The maximum Gasteiger partial charge on any atom is 0.0549 e. The number of rotatable bonds is 6. The van der Waals surface area contributed by atoms with E-state index in [4.69, 9.17) is 0 Å². The summed E-state index contributed by atoms with van der Waals surface area (Å²) in [6.07, 6.45) is 0. The number of hydrogen-bond acceptors (Lipinski definition) is 2. The van der Waals surface area contributed by atoms with Crippen molar-refractivity contribution in [2.45, 2.75) is 13.8 Å². The summed E-state index contributed by atoms with van der Waals surface area (Å²) in [6.45, 7) is 4.53. The smallest absolute Gasteiger partial charge is 0.0549 e. The van der Waals surface area contributed by atoms with Gasteiger partial charge in [-0.3, -0.25) is 0 Å². The fourth-order valence-electron chi connectivity index (χ4n) is 7.73. The average molecular weight is 615 g/mol. The standard InChI is InChI=1S/C46H34N2/c1-31-29-41(47(33-17-7-3-8-18-33)34-19-9-4-10-20-34)43-39-25-15-16-26-40(39)44-42(30-32(2)38-28-27-37(31)45(43)46(38)44)48(35-21-11-5-12-22-35)36-23-13-6-14-24-36/h3-30H,1-2H3. The van der Waals surface area contributed by atoms with Crippen molar-refractivity contribution in [1.29, 1.82) is 0 Å². The summed E-state index contributed by atoms with van der Waals surface area (Å²) >= 11 is 0. The van der Waals surface area contributed by atoms with Gasteiger partial charge in [-0.25, -0.2) is 0 Å². The van der Waals surface area contributed by atoms with Crippen LogP contribution in [0.1, 0.15) is 11.1 Å². The van der Waals surface area contributed by atoms with Crippen LogP contribution < -0.4 is 9.80 Å². The van der Waals surface area contributed by atoms with Crippen LogP contribution in [-0.2, 0) is 0 Å². The zero-order chi connectivity index (χ0) is 32.2. The lowest BCUT2D eigenvalue weighted by molar-refractivity contribution is 1.29. The van der Waals surface area contributed by atoms with E-state index in [2.05, 4.69) is 194 Å². The van der Waals surface area contributed by atoms with Gasteiger partial charge in [0.05, 0.1) is 11.4 Å². The maximum absolute atomic E-state index is 2.43. The number of hydrogen-bond donors (Lipinski definition) is 0. The van der Waals surface area contributed by atoms with E-state index in [9.17, 15) is 0 Å². The second-order valence-corrected chi connectivity index (χ2v) is 12.6. The highest BCUT2D eigenvalue weighted by molar-refractivity contribution is 6.39. The summed E-state index contributed by atoms with van der Waals surface area (Å²) in [5.41, 5.74) is 9.45. The molecule has 9 rings (SSSR count). The number of aryl methyl sites for hydroxylation is 2. The molecule has 9 aromatic carbocycles. The van der Waals surface area contributed by atoms with E-state index in [-0.39, 0.29) is 0 Å². The highest BCUT2D eigenvalue weighted by Gasteiger charge is 2.26. The van der Waals surface area contributed by atoms with Gasteiger partial charge in [-0.1, -0.05) is 109 Å². The lowest BCUT2D eigenvalue weighted by Crippen LogP contribution is -2.12. The maximum atomic E-state index is 2.43. The molecule has 0 aliphatic rings. The lowest BCUT2D eigenvalue weighted by atomic mass is 9.84. The van der Waals surface area contributed by atoms with Crippen LogP contribution in [0.25, 0.3) is 43.1 Å². The molecule has 0 unspecified atom stereocenters. The predicted octanol–water partition coefficient (Wildman–Crippen LogP) is 13.3. The third-order valence-corrected chi connectivity index (χ3v) is 9.78. The molecule has 48 heavy (non-hydrogen) atoms. The van der Waals surface area contributed by atoms with Crippen LogP contribution in [0.2, 0.25) is 0 Å². The number of anilines is 6. The fraction of sp³-hybridized carbons (Fsp3) is 0.0435. The van der Waals surface area contributed by atoms with E-state index in [1.165, 1.54) is 65.6 Å². The molecule has 0 radical (unpaired) electrons. The van der Waals surface area contributed by atoms with Crippen LogP contribution in [0.3, 0.4) is 0 Å². The van der Waals surface area contributed by atoms with E-state index in [0.29, 0.717) is 0 Å². The van der Waals surface area contributed by atoms with Crippen LogP contribution in [0.15, 0.2) is 170 Å². The molecule has 228 valence electrons. The first kappa shape index (κ1) is 28.1. The third kappa shape index (κ3) is 4.34. The van der Waals surface area contributed by atoms with Gasteiger partial charge in [0.2, 0.25) is 0 Å². The topological polar surface area (TPSA) is 6.48 Å². The van der Waals surface area contributed by atoms with Crippen LogP contribution in [0.5, 0.6) is 0 Å². The minimum absolute atomic E-state index is 1.14. The SMILES string of the molecule is Cc1cc(N(c2ccccc2)c2ccccc2)c2c3ccccc3c3c(N(c4ccccc4)c4ccccc4)cc(C)c4ccc1c2c43. The lowest BCUT2D eigenvalue weighted by Gasteiger charge is -2.31. The van der Waals surface area contributed by atoms with Crippen LogP contribution >= 0.6 is 0 Å². The Morgan fingerprint density at radius 3 is 0.896 bits per heavy atom. The van der Waals surface area contributed by atoms with Gasteiger partial charge in [-0.15, -0.1) is 0 Å². The molecule has 0 saturated heterocycles. The molecule has 0 heterocycles. The van der Waals surface area contributed by atoms with Crippen molar-refractivity contribution in [3.63, 3.8) is 0 Å². The first-order valence-electron chi connectivity index (χ1n) is 16.6. The number of benzene rings is 9. The van der Waals surface area contributed by atoms with Crippen molar-refractivity contribution in [3.8, 4) is 0 Å². The summed E-state index contributed by atoms with van der Waals surface area (Å²) in [5.74, 6) is 0. The van der Waals surface area contributed by atoms with Gasteiger partial charge in [-0.05, 0) is 107 Å². The van der Waals surface area contributed by atoms with Gasteiger partial charge >= 0.3 is 0 Å². The molecular formula is C46H34N2. The highest BCUT2D eigenvalue weighted by Crippen LogP contribution is 2.52. The quantitative estimate of drug-likeness (QED) is 0.136. The van der Waals surface area contributed by atoms with E-state index in [1.54, 1.807) is 0 Å². The van der Waals surface area contributed by atoms with Crippen molar-refractivity contribution in [1.82, 2.24) is 0 Å². The van der Waals surface area contributed by atoms with Gasteiger partial charge < -0.3 is 9.80 Å². The number of nitrogens with zero attached hydrogens (tertiary/aromatic N) is 2. The van der Waals surface area contributed by atoms with E-state index in [0.717, 1.165) is 22.7 Å². The van der Waals surface area contributed by atoms with Gasteiger partial charge in [-0.2, -0.15) is 0 Å². The number of fused-ring (bicyclic) bond motifs is 3. The predicted molar refractivity (Wildman–Crippen MR) is 206 cm³/mol. The molecule has 0 aliphatic heterocycles. The summed E-state index contributed by atoms with van der Waals surface area (Å²) < 4.78 is 0. The Bertz CT molecular complexity index is 2300. The molecule has 0 N–H and O–H groups in total. The fourth-order valence-corrected chi connectivity index (χ4v) is 7.73. The van der Waals surface area contributed by atoms with Crippen molar-refractivity contribution < 1.29 is 0 Å². The molecule has 0 bridgehead atoms. The molecule has 0 aliphatic carbocycles. The average Bonchev–Trinajstić information content (AvgIpc) is 3.14. The monoisotopic (exact) mass is 614 g/mol. The van der Waals surface area contributed by atoms with Crippen molar-refractivity contribution in [3.05, 3.63) is 181 Å². The molecule has 0 amide bonds. The highest BCUT2D eigenvalue weighted by atomic mass is 15.1. The third-order valence-electron chi connectivity index (χ3n) is 9.78. The van der Waals surface area contributed by atoms with Crippen LogP contribution in [0.4, 0.5) is 34.1 Å². The number of para-hydroxylation sites is 4. The van der Waals surface area contributed by atoms with Crippen LogP contribution in [0, 0.1) is 13.8 Å². The summed E-state index contributed by atoms with van der Waals surface area (Å²) in [4.78, 5) is 4.86. The first-order chi connectivity index (χ1) is 23.7. The Labute approximate surface area is 281 Å². The molecule has 0 fully saturated rings. The zero-order valence-electron chi connectivity index (χ0n) is 27.1.